The maximum Gasteiger partial charge on any atom is 0.326 e. The first-order chi connectivity index (χ1) is 18.7. The number of hydrogen-bond acceptors (Lipinski definition) is 4. The molecule has 39 heavy (non-hydrogen) atoms. The molecule has 5 rings (SSSR count). The van der Waals surface area contributed by atoms with Gasteiger partial charge in [-0.1, -0.05) is 60.7 Å². The van der Waals surface area contributed by atoms with Gasteiger partial charge in [-0.3, -0.25) is 4.79 Å². The fraction of sp³-hybridized carbons (Fsp3) is 0.281. The Kier molecular flexibility index (Phi) is 7.00. The van der Waals surface area contributed by atoms with E-state index in [4.69, 9.17) is 4.98 Å². The van der Waals surface area contributed by atoms with Crippen molar-refractivity contribution in [1.82, 2.24) is 14.5 Å². The van der Waals surface area contributed by atoms with E-state index in [1.165, 1.54) is 4.90 Å². The lowest BCUT2D eigenvalue weighted by molar-refractivity contribution is -0.153. The Balaban J connectivity index is 1.60. The molecule has 0 radical (unpaired) electrons. The Morgan fingerprint density at radius 1 is 0.949 bits per heavy atom. The van der Waals surface area contributed by atoms with Crippen LogP contribution in [0.4, 0.5) is 5.69 Å². The number of nitrogens with zero attached hydrogens (tertiary/aromatic N) is 4. The summed E-state index contributed by atoms with van der Waals surface area (Å²) in [5.41, 5.74) is 6.40. The number of rotatable bonds is 6. The molecule has 2 atom stereocenters. The van der Waals surface area contributed by atoms with E-state index < -0.39 is 24.0 Å². The molecule has 1 amide bonds. The predicted octanol–water partition coefficient (Wildman–Crippen LogP) is 5.29. The van der Waals surface area contributed by atoms with Gasteiger partial charge in [-0.15, -0.1) is 0 Å². The number of amides is 1. The van der Waals surface area contributed by atoms with Crippen LogP contribution in [0.1, 0.15) is 52.8 Å². The lowest BCUT2D eigenvalue weighted by Gasteiger charge is -2.40. The minimum absolute atomic E-state index is 0.173. The van der Waals surface area contributed by atoms with Crippen molar-refractivity contribution in [3.05, 3.63) is 113 Å². The Morgan fingerprint density at radius 2 is 1.54 bits per heavy atom. The van der Waals surface area contributed by atoms with E-state index in [9.17, 15) is 14.7 Å². The molecule has 1 aliphatic heterocycles. The number of carboxylic acid groups (broad SMARTS) is 1. The molecule has 2 heterocycles. The number of imidazole rings is 1. The average Bonchev–Trinajstić information content (AvgIpc) is 3.25. The first-order valence-electron chi connectivity index (χ1n) is 13.2. The zero-order valence-electron chi connectivity index (χ0n) is 23.0. The second kappa shape index (κ2) is 10.4. The molecule has 0 spiro atoms. The summed E-state index contributed by atoms with van der Waals surface area (Å²) in [5, 5.41) is 10.4. The average molecular weight is 523 g/mol. The van der Waals surface area contributed by atoms with Crippen molar-refractivity contribution in [1.29, 1.82) is 0 Å². The van der Waals surface area contributed by atoms with E-state index in [1.807, 2.05) is 99.2 Å². The molecule has 200 valence electrons. The van der Waals surface area contributed by atoms with Gasteiger partial charge in [0.25, 0.3) is 0 Å². The van der Waals surface area contributed by atoms with Crippen molar-refractivity contribution in [3.63, 3.8) is 0 Å². The fourth-order valence-electron chi connectivity index (χ4n) is 5.90. The van der Waals surface area contributed by atoms with Crippen LogP contribution in [0.5, 0.6) is 0 Å². The molecule has 0 saturated heterocycles. The highest BCUT2D eigenvalue weighted by molar-refractivity contribution is 5.91. The molecule has 1 aliphatic rings. The van der Waals surface area contributed by atoms with Gasteiger partial charge in [-0.05, 0) is 55.7 Å². The largest absolute Gasteiger partial charge is 0.480 e. The monoisotopic (exact) mass is 522 g/mol. The third-order valence-electron chi connectivity index (χ3n) is 7.68. The maximum atomic E-state index is 14.4. The number of carbonyl (C=O) groups excluding carboxylic acids is 1. The second-order valence-electron chi connectivity index (χ2n) is 10.4. The van der Waals surface area contributed by atoms with Crippen LogP contribution in [0.2, 0.25) is 0 Å². The lowest BCUT2D eigenvalue weighted by Crippen LogP contribution is -2.52. The first-order valence-corrected chi connectivity index (χ1v) is 13.2. The number of aryl methyl sites for hydroxylation is 2. The van der Waals surface area contributed by atoms with Crippen LogP contribution in [0.3, 0.4) is 0 Å². The van der Waals surface area contributed by atoms with Crippen molar-refractivity contribution in [2.24, 2.45) is 0 Å². The standard InChI is InChI=1S/C32H34N4O3/c1-20-18-25(16-17-26(20)34(4)5)36-22(3)33-30-21(2)35(28(32(38)39)19-27(30)36)31(37)29(23-12-8-6-9-13-23)24-14-10-7-11-15-24/h6-18,21,28-29H,19H2,1-5H3,(H,38,39). The summed E-state index contributed by atoms with van der Waals surface area (Å²) < 4.78 is 2.04. The van der Waals surface area contributed by atoms with Crippen molar-refractivity contribution >= 4 is 17.6 Å². The summed E-state index contributed by atoms with van der Waals surface area (Å²) in [4.78, 5) is 35.6. The third-order valence-corrected chi connectivity index (χ3v) is 7.68. The van der Waals surface area contributed by atoms with Gasteiger partial charge < -0.3 is 19.5 Å². The van der Waals surface area contributed by atoms with Crippen LogP contribution in [0.15, 0.2) is 78.9 Å². The van der Waals surface area contributed by atoms with Crippen LogP contribution in [-0.4, -0.2) is 51.6 Å². The summed E-state index contributed by atoms with van der Waals surface area (Å²) in [7, 11) is 4.02. The number of benzene rings is 3. The molecule has 3 aromatic carbocycles. The molecule has 4 aromatic rings. The Bertz CT molecular complexity index is 1470. The molecule has 1 N–H and O–H groups in total. The third kappa shape index (κ3) is 4.69. The minimum Gasteiger partial charge on any atom is -0.480 e. The van der Waals surface area contributed by atoms with Gasteiger partial charge >= 0.3 is 5.97 Å². The predicted molar refractivity (Wildman–Crippen MR) is 152 cm³/mol. The number of fused-ring (bicyclic) bond motifs is 1. The van der Waals surface area contributed by atoms with E-state index in [1.54, 1.807) is 0 Å². The van der Waals surface area contributed by atoms with Crippen LogP contribution < -0.4 is 4.90 Å². The summed E-state index contributed by atoms with van der Waals surface area (Å²) in [6.45, 7) is 5.88. The molecule has 7 heteroatoms. The molecular formula is C32H34N4O3. The smallest absolute Gasteiger partial charge is 0.326 e. The minimum atomic E-state index is -1.02. The number of hydrogen-bond donors (Lipinski definition) is 1. The normalized spacial score (nSPS) is 16.7. The summed E-state index contributed by atoms with van der Waals surface area (Å²) >= 11 is 0. The first kappa shape index (κ1) is 26.2. The van der Waals surface area contributed by atoms with E-state index >= 15 is 0 Å². The number of carbonyl (C=O) groups is 2. The Labute approximate surface area is 229 Å². The Morgan fingerprint density at radius 3 is 2.05 bits per heavy atom. The van der Waals surface area contributed by atoms with Gasteiger partial charge in [0.05, 0.1) is 23.3 Å². The topological polar surface area (TPSA) is 78.7 Å². The van der Waals surface area contributed by atoms with Crippen molar-refractivity contribution in [2.45, 2.75) is 45.2 Å². The van der Waals surface area contributed by atoms with Crippen molar-refractivity contribution in [3.8, 4) is 5.69 Å². The van der Waals surface area contributed by atoms with Gasteiger partial charge in [0.1, 0.15) is 11.9 Å². The van der Waals surface area contributed by atoms with Gasteiger partial charge in [0.2, 0.25) is 5.91 Å². The number of anilines is 1. The maximum absolute atomic E-state index is 14.4. The summed E-state index contributed by atoms with van der Waals surface area (Å²) in [6.07, 6.45) is 0.173. The molecule has 1 aromatic heterocycles. The highest BCUT2D eigenvalue weighted by atomic mass is 16.4. The fourth-order valence-corrected chi connectivity index (χ4v) is 5.90. The van der Waals surface area contributed by atoms with Crippen LogP contribution in [0, 0.1) is 13.8 Å². The lowest BCUT2D eigenvalue weighted by atomic mass is 9.87. The van der Waals surface area contributed by atoms with E-state index in [0.717, 1.165) is 45.3 Å². The van der Waals surface area contributed by atoms with Crippen molar-refractivity contribution in [2.75, 3.05) is 19.0 Å². The molecular weight excluding hydrogens is 488 g/mol. The summed E-state index contributed by atoms with van der Waals surface area (Å²) in [6, 6.07) is 23.8. The van der Waals surface area contributed by atoms with E-state index in [-0.39, 0.29) is 12.3 Å². The summed E-state index contributed by atoms with van der Waals surface area (Å²) in [5.74, 6) is -1.12. The zero-order chi connectivity index (χ0) is 27.8. The highest BCUT2D eigenvalue weighted by Gasteiger charge is 2.44. The van der Waals surface area contributed by atoms with Gasteiger partial charge in [0.15, 0.2) is 0 Å². The SMILES string of the molecule is Cc1cc(-n2c(C)nc3c2CC(C(=O)O)N(C(=O)C(c2ccccc2)c2ccccc2)C3C)ccc1N(C)C. The number of aromatic nitrogens is 2. The van der Waals surface area contributed by atoms with Gasteiger partial charge in [0, 0.05) is 31.9 Å². The molecule has 0 bridgehead atoms. The quantitative estimate of drug-likeness (QED) is 0.373. The van der Waals surface area contributed by atoms with Crippen LogP contribution in [0.25, 0.3) is 5.69 Å². The molecule has 2 unspecified atom stereocenters. The van der Waals surface area contributed by atoms with E-state index in [2.05, 4.69) is 24.0 Å². The molecule has 0 aliphatic carbocycles. The van der Waals surface area contributed by atoms with Crippen LogP contribution in [-0.2, 0) is 16.0 Å². The van der Waals surface area contributed by atoms with E-state index in [0.29, 0.717) is 0 Å². The zero-order valence-corrected chi connectivity index (χ0v) is 23.0. The van der Waals surface area contributed by atoms with Crippen LogP contribution >= 0.6 is 0 Å². The second-order valence-corrected chi connectivity index (χ2v) is 10.4. The number of carboxylic acids is 1. The van der Waals surface area contributed by atoms with Crippen molar-refractivity contribution < 1.29 is 14.7 Å². The van der Waals surface area contributed by atoms with Gasteiger partial charge in [-0.25, -0.2) is 9.78 Å². The molecule has 7 nitrogen and oxygen atoms in total. The Hall–Kier alpha value is -4.39. The molecule has 0 fully saturated rings. The molecule has 0 saturated carbocycles. The van der Waals surface area contributed by atoms with Gasteiger partial charge in [-0.2, -0.15) is 0 Å². The highest BCUT2D eigenvalue weighted by Crippen LogP contribution is 2.39. The number of aliphatic carboxylic acids is 1.